The number of aromatic nitrogens is 2. The molecule has 0 atom stereocenters. The minimum Gasteiger partial charge on any atom is -0.396 e. The number of nitrogens with zero attached hydrogens (tertiary/aromatic N) is 2. The second-order valence-electron chi connectivity index (χ2n) is 6.83. The first kappa shape index (κ1) is 18.0. The van der Waals surface area contributed by atoms with E-state index in [2.05, 4.69) is 29.6 Å². The van der Waals surface area contributed by atoms with Crippen molar-refractivity contribution < 1.29 is 5.11 Å². The van der Waals surface area contributed by atoms with E-state index in [1.165, 1.54) is 11.1 Å². The molecular weight excluding hydrogens is 358 g/mol. The number of aryl methyl sites for hydroxylation is 2. The van der Waals surface area contributed by atoms with Crippen LogP contribution in [0, 0.1) is 0 Å². The van der Waals surface area contributed by atoms with Crippen LogP contribution >= 0.6 is 11.6 Å². The van der Waals surface area contributed by atoms with E-state index in [0.717, 1.165) is 54.9 Å². The fourth-order valence-corrected chi connectivity index (χ4v) is 3.66. The number of anilines is 2. The van der Waals surface area contributed by atoms with E-state index in [1.807, 2.05) is 24.3 Å². The van der Waals surface area contributed by atoms with Crippen molar-refractivity contribution in [3.05, 3.63) is 70.4 Å². The van der Waals surface area contributed by atoms with Gasteiger partial charge in [-0.25, -0.2) is 9.97 Å². The number of hydrogen-bond donors (Lipinski definition) is 2. The summed E-state index contributed by atoms with van der Waals surface area (Å²) in [7, 11) is 0. The molecule has 1 aliphatic carbocycles. The SMILES string of the molecule is OCCCc1ccc(Nc2nc(-c3cccc(Cl)c3)nc3c2CCC3)cc1. The summed E-state index contributed by atoms with van der Waals surface area (Å²) in [5, 5.41) is 13.1. The highest BCUT2D eigenvalue weighted by Gasteiger charge is 2.20. The maximum absolute atomic E-state index is 8.97. The molecule has 1 aliphatic rings. The number of hydrogen-bond acceptors (Lipinski definition) is 4. The van der Waals surface area contributed by atoms with E-state index in [-0.39, 0.29) is 6.61 Å². The molecule has 2 aromatic carbocycles. The standard InChI is InChI=1S/C22H22ClN3O/c23-17-6-1-5-16(14-17)21-25-20-8-2-7-19(20)22(26-21)24-18-11-9-15(10-12-18)4-3-13-27/h1,5-6,9-12,14,27H,2-4,7-8,13H2,(H,24,25,26). The topological polar surface area (TPSA) is 58.0 Å². The smallest absolute Gasteiger partial charge is 0.161 e. The Hall–Kier alpha value is -2.43. The van der Waals surface area contributed by atoms with Gasteiger partial charge in [-0.2, -0.15) is 0 Å². The fraction of sp³-hybridized carbons (Fsp3) is 0.273. The molecule has 5 heteroatoms. The van der Waals surface area contributed by atoms with Gasteiger partial charge in [0.1, 0.15) is 5.82 Å². The van der Waals surface area contributed by atoms with Crippen LogP contribution in [0.5, 0.6) is 0 Å². The first-order valence-corrected chi connectivity index (χ1v) is 9.73. The van der Waals surface area contributed by atoms with Crippen molar-refractivity contribution in [1.29, 1.82) is 0 Å². The molecule has 0 aliphatic heterocycles. The molecule has 0 bridgehead atoms. The van der Waals surface area contributed by atoms with Crippen LogP contribution in [0.2, 0.25) is 5.02 Å². The van der Waals surface area contributed by atoms with Crippen LogP contribution < -0.4 is 5.32 Å². The molecule has 0 spiro atoms. The Bertz CT molecular complexity index is 941. The van der Waals surface area contributed by atoms with Crippen LogP contribution in [0.3, 0.4) is 0 Å². The van der Waals surface area contributed by atoms with Gasteiger partial charge in [0.2, 0.25) is 0 Å². The maximum atomic E-state index is 8.97. The zero-order chi connectivity index (χ0) is 18.6. The molecule has 1 aromatic heterocycles. The lowest BCUT2D eigenvalue weighted by atomic mass is 10.1. The van der Waals surface area contributed by atoms with Gasteiger partial charge in [-0.15, -0.1) is 0 Å². The van der Waals surface area contributed by atoms with E-state index < -0.39 is 0 Å². The van der Waals surface area contributed by atoms with Crippen LogP contribution in [0.1, 0.15) is 29.7 Å². The van der Waals surface area contributed by atoms with Gasteiger partial charge in [-0.05, 0) is 61.9 Å². The highest BCUT2D eigenvalue weighted by molar-refractivity contribution is 6.30. The van der Waals surface area contributed by atoms with Gasteiger partial charge in [0.15, 0.2) is 5.82 Å². The zero-order valence-electron chi connectivity index (χ0n) is 15.1. The lowest BCUT2D eigenvalue weighted by Crippen LogP contribution is -2.04. The van der Waals surface area contributed by atoms with E-state index in [4.69, 9.17) is 26.7 Å². The quantitative estimate of drug-likeness (QED) is 0.635. The number of halogens is 1. The molecule has 0 amide bonds. The summed E-state index contributed by atoms with van der Waals surface area (Å²) in [6.45, 7) is 0.222. The lowest BCUT2D eigenvalue weighted by Gasteiger charge is -2.13. The molecule has 0 fully saturated rings. The number of benzene rings is 2. The van der Waals surface area contributed by atoms with Crippen LogP contribution in [-0.4, -0.2) is 21.7 Å². The molecule has 138 valence electrons. The van der Waals surface area contributed by atoms with E-state index in [0.29, 0.717) is 10.8 Å². The van der Waals surface area contributed by atoms with Crippen molar-refractivity contribution in [2.24, 2.45) is 0 Å². The van der Waals surface area contributed by atoms with Gasteiger partial charge >= 0.3 is 0 Å². The second kappa shape index (κ2) is 8.07. The number of aliphatic hydroxyl groups is 1. The average Bonchev–Trinajstić information content (AvgIpc) is 3.16. The van der Waals surface area contributed by atoms with Crippen LogP contribution in [0.15, 0.2) is 48.5 Å². The number of fused-ring (bicyclic) bond motifs is 1. The van der Waals surface area contributed by atoms with Gasteiger partial charge in [0, 0.05) is 34.1 Å². The third kappa shape index (κ3) is 4.12. The van der Waals surface area contributed by atoms with Gasteiger partial charge in [-0.1, -0.05) is 35.9 Å². The highest BCUT2D eigenvalue weighted by Crippen LogP contribution is 2.31. The van der Waals surface area contributed by atoms with Crippen molar-refractivity contribution in [2.45, 2.75) is 32.1 Å². The number of aliphatic hydroxyl groups excluding tert-OH is 1. The van der Waals surface area contributed by atoms with Crippen LogP contribution in [-0.2, 0) is 19.3 Å². The average molecular weight is 380 g/mol. The molecule has 2 N–H and O–H groups in total. The molecule has 4 nitrogen and oxygen atoms in total. The summed E-state index contributed by atoms with van der Waals surface area (Å²) in [4.78, 5) is 9.59. The summed E-state index contributed by atoms with van der Waals surface area (Å²) < 4.78 is 0. The Morgan fingerprint density at radius 1 is 1.04 bits per heavy atom. The summed E-state index contributed by atoms with van der Waals surface area (Å²) in [6, 6.07) is 16.0. The van der Waals surface area contributed by atoms with Gasteiger partial charge in [-0.3, -0.25) is 0 Å². The molecule has 0 radical (unpaired) electrons. The van der Waals surface area contributed by atoms with Gasteiger partial charge in [0.25, 0.3) is 0 Å². The molecule has 0 unspecified atom stereocenters. The van der Waals surface area contributed by atoms with Crippen molar-refractivity contribution in [1.82, 2.24) is 9.97 Å². The first-order chi connectivity index (χ1) is 13.2. The molecule has 0 saturated carbocycles. The predicted molar refractivity (Wildman–Crippen MR) is 110 cm³/mol. The number of nitrogens with one attached hydrogen (secondary N) is 1. The van der Waals surface area contributed by atoms with Gasteiger partial charge < -0.3 is 10.4 Å². The Kier molecular flexibility index (Phi) is 5.37. The monoisotopic (exact) mass is 379 g/mol. The van der Waals surface area contributed by atoms with E-state index >= 15 is 0 Å². The summed E-state index contributed by atoms with van der Waals surface area (Å²) in [5.41, 5.74) is 5.50. The molecule has 27 heavy (non-hydrogen) atoms. The van der Waals surface area contributed by atoms with Crippen molar-refractivity contribution >= 4 is 23.1 Å². The zero-order valence-corrected chi connectivity index (χ0v) is 15.8. The largest absolute Gasteiger partial charge is 0.396 e. The Morgan fingerprint density at radius 3 is 2.67 bits per heavy atom. The van der Waals surface area contributed by atoms with Crippen molar-refractivity contribution in [2.75, 3.05) is 11.9 Å². The fourth-order valence-electron chi connectivity index (χ4n) is 3.47. The van der Waals surface area contributed by atoms with Crippen LogP contribution in [0.4, 0.5) is 11.5 Å². The lowest BCUT2D eigenvalue weighted by molar-refractivity contribution is 0.288. The summed E-state index contributed by atoms with van der Waals surface area (Å²) >= 11 is 6.15. The van der Waals surface area contributed by atoms with E-state index in [9.17, 15) is 0 Å². The minimum atomic E-state index is 0.222. The Labute approximate surface area is 164 Å². The highest BCUT2D eigenvalue weighted by atomic mass is 35.5. The second-order valence-corrected chi connectivity index (χ2v) is 7.27. The van der Waals surface area contributed by atoms with Crippen molar-refractivity contribution in [3.63, 3.8) is 0 Å². The third-order valence-electron chi connectivity index (χ3n) is 4.86. The summed E-state index contributed by atoms with van der Waals surface area (Å²) in [6.07, 6.45) is 4.77. The molecule has 0 saturated heterocycles. The molecular formula is C22H22ClN3O. The predicted octanol–water partition coefficient (Wildman–Crippen LogP) is 4.95. The van der Waals surface area contributed by atoms with Crippen LogP contribution in [0.25, 0.3) is 11.4 Å². The molecule has 1 heterocycles. The van der Waals surface area contributed by atoms with Crippen molar-refractivity contribution in [3.8, 4) is 11.4 Å². The normalized spacial score (nSPS) is 12.8. The van der Waals surface area contributed by atoms with E-state index in [1.54, 1.807) is 0 Å². The summed E-state index contributed by atoms with van der Waals surface area (Å²) in [5.74, 6) is 1.59. The van der Waals surface area contributed by atoms with Gasteiger partial charge in [0.05, 0.1) is 0 Å². The first-order valence-electron chi connectivity index (χ1n) is 9.35. The minimum absolute atomic E-state index is 0.222. The maximum Gasteiger partial charge on any atom is 0.161 e. The Morgan fingerprint density at radius 2 is 1.89 bits per heavy atom. The molecule has 4 rings (SSSR count). The third-order valence-corrected chi connectivity index (χ3v) is 5.09. The number of rotatable bonds is 6. The molecule has 3 aromatic rings. The Balaban J connectivity index is 1.64.